The molecule has 0 heterocycles. The van der Waals surface area contributed by atoms with E-state index in [9.17, 15) is 14.7 Å². The molecule has 3 atom stereocenters. The van der Waals surface area contributed by atoms with Crippen molar-refractivity contribution in [3.8, 4) is 6.19 Å². The molecule has 0 unspecified atom stereocenters. The largest absolute Gasteiger partial charge is 0.444 e. The molecule has 35 heavy (non-hydrogen) atoms. The van der Waals surface area contributed by atoms with Gasteiger partial charge in [-0.25, -0.2) is 4.79 Å². The van der Waals surface area contributed by atoms with E-state index in [1.807, 2.05) is 50.4 Å². The Morgan fingerprint density at radius 3 is 2.43 bits per heavy atom. The summed E-state index contributed by atoms with van der Waals surface area (Å²) >= 11 is 1.31. The van der Waals surface area contributed by atoms with Gasteiger partial charge in [0.1, 0.15) is 5.60 Å². The van der Waals surface area contributed by atoms with E-state index in [1.54, 1.807) is 27.0 Å². The zero-order valence-electron chi connectivity index (χ0n) is 21.5. The molecule has 0 aliphatic carbocycles. The van der Waals surface area contributed by atoms with Gasteiger partial charge in [-0.15, -0.1) is 0 Å². The van der Waals surface area contributed by atoms with Crippen molar-refractivity contribution < 1.29 is 19.4 Å². The molecule has 4 N–H and O–H groups in total. The van der Waals surface area contributed by atoms with Crippen molar-refractivity contribution in [3.63, 3.8) is 0 Å². The summed E-state index contributed by atoms with van der Waals surface area (Å²) in [6.07, 6.45) is 2.60. The normalized spacial score (nSPS) is 14.4. The number of aliphatic hydroxyl groups excluding tert-OH is 1. The van der Waals surface area contributed by atoms with E-state index in [2.05, 4.69) is 20.9 Å². The average molecular weight is 506 g/mol. The summed E-state index contributed by atoms with van der Waals surface area (Å²) in [6, 6.07) is 8.91. The molecule has 10 heteroatoms. The van der Waals surface area contributed by atoms with Crippen LogP contribution in [0.2, 0.25) is 0 Å². The molecule has 1 aromatic rings. The van der Waals surface area contributed by atoms with Crippen molar-refractivity contribution in [3.05, 3.63) is 35.9 Å². The number of rotatable bonds is 11. The minimum absolute atomic E-state index is 0.0333. The Labute approximate surface area is 213 Å². The van der Waals surface area contributed by atoms with Gasteiger partial charge in [-0.3, -0.25) is 15.1 Å². The quantitative estimate of drug-likeness (QED) is 0.119. The van der Waals surface area contributed by atoms with Crippen LogP contribution in [0.4, 0.5) is 4.79 Å². The van der Waals surface area contributed by atoms with Crippen molar-refractivity contribution in [2.75, 3.05) is 19.3 Å². The van der Waals surface area contributed by atoms with E-state index >= 15 is 0 Å². The lowest BCUT2D eigenvalue weighted by molar-refractivity contribution is -0.127. The summed E-state index contributed by atoms with van der Waals surface area (Å²) in [5.41, 5.74) is 0.278. The molecule has 0 saturated carbocycles. The average Bonchev–Trinajstić information content (AvgIpc) is 2.77. The van der Waals surface area contributed by atoms with Crippen LogP contribution >= 0.6 is 11.8 Å². The second-order valence-corrected chi connectivity index (χ2v) is 10.3. The van der Waals surface area contributed by atoms with Crippen molar-refractivity contribution in [2.24, 2.45) is 16.8 Å². The molecule has 1 rings (SSSR count). The van der Waals surface area contributed by atoms with Gasteiger partial charge in [0.25, 0.3) is 0 Å². The smallest absolute Gasteiger partial charge is 0.407 e. The number of amides is 2. The second kappa shape index (κ2) is 15.3. The third kappa shape index (κ3) is 12.5. The maximum Gasteiger partial charge on any atom is 0.407 e. The molecule has 9 nitrogen and oxygen atoms in total. The summed E-state index contributed by atoms with van der Waals surface area (Å²) in [5, 5.41) is 28.4. The zero-order valence-corrected chi connectivity index (χ0v) is 22.3. The Hall–Kier alpha value is -2.77. The number of nitrogens with zero attached hydrogens (tertiary/aromatic N) is 2. The molecule has 0 fully saturated rings. The Kier molecular flexibility index (Phi) is 13.2. The Bertz CT molecular complexity index is 865. The molecule has 0 aliphatic heterocycles. The highest BCUT2D eigenvalue weighted by Crippen LogP contribution is 2.21. The van der Waals surface area contributed by atoms with E-state index < -0.39 is 29.8 Å². The zero-order chi connectivity index (χ0) is 26.4. The van der Waals surface area contributed by atoms with E-state index in [4.69, 9.17) is 10.00 Å². The van der Waals surface area contributed by atoms with E-state index in [1.165, 1.54) is 11.8 Å². The Balaban J connectivity index is 2.87. The Morgan fingerprint density at radius 1 is 1.23 bits per heavy atom. The monoisotopic (exact) mass is 505 g/mol. The van der Waals surface area contributed by atoms with E-state index in [0.29, 0.717) is 24.7 Å². The van der Waals surface area contributed by atoms with Gasteiger partial charge in [0, 0.05) is 12.5 Å². The number of nitriles is 1. The number of carbonyl (C=O) groups excluding carboxylic acids is 2. The number of nitrogens with one attached hydrogen (secondary N) is 3. The highest BCUT2D eigenvalue weighted by Gasteiger charge is 2.31. The molecule has 2 amide bonds. The number of ether oxygens (including phenoxy) is 1. The summed E-state index contributed by atoms with van der Waals surface area (Å²) in [4.78, 5) is 29.6. The topological polar surface area (TPSA) is 136 Å². The number of hydrogen-bond acceptors (Lipinski definition) is 7. The fraction of sp³-hybridized carbons (Fsp3) is 0.600. The first-order chi connectivity index (χ1) is 16.5. The number of carbonyl (C=O) groups is 2. The molecular weight excluding hydrogens is 466 g/mol. The third-order valence-electron chi connectivity index (χ3n) is 5.12. The van der Waals surface area contributed by atoms with E-state index in [0.717, 1.165) is 5.56 Å². The highest BCUT2D eigenvalue weighted by atomic mass is 32.2. The third-order valence-corrected chi connectivity index (χ3v) is 5.74. The molecule has 194 valence electrons. The minimum Gasteiger partial charge on any atom is -0.444 e. The van der Waals surface area contributed by atoms with Gasteiger partial charge in [0.2, 0.25) is 5.91 Å². The van der Waals surface area contributed by atoms with Crippen LogP contribution in [0.1, 0.15) is 46.6 Å². The first-order valence-electron chi connectivity index (χ1n) is 11.7. The maximum atomic E-state index is 12.9. The van der Waals surface area contributed by atoms with Gasteiger partial charge in [0.15, 0.2) is 11.4 Å². The van der Waals surface area contributed by atoms with Crippen molar-refractivity contribution in [2.45, 2.75) is 65.2 Å². The summed E-state index contributed by atoms with van der Waals surface area (Å²) < 4.78 is 5.39. The predicted molar refractivity (Wildman–Crippen MR) is 140 cm³/mol. The highest BCUT2D eigenvalue weighted by molar-refractivity contribution is 8.13. The molecule has 0 radical (unpaired) electrons. The van der Waals surface area contributed by atoms with Crippen LogP contribution in [0.3, 0.4) is 0 Å². The van der Waals surface area contributed by atoms with Crippen LogP contribution in [0.15, 0.2) is 35.3 Å². The lowest BCUT2D eigenvalue weighted by Crippen LogP contribution is -2.48. The summed E-state index contributed by atoms with van der Waals surface area (Å²) in [7, 11) is 0. The van der Waals surface area contributed by atoms with Crippen LogP contribution in [0.5, 0.6) is 0 Å². The molecule has 0 saturated heterocycles. The van der Waals surface area contributed by atoms with Gasteiger partial charge in [-0.05, 0) is 51.3 Å². The van der Waals surface area contributed by atoms with Crippen molar-refractivity contribution in [1.29, 1.82) is 5.26 Å². The van der Waals surface area contributed by atoms with Gasteiger partial charge in [-0.1, -0.05) is 55.9 Å². The standard InChI is InChI=1S/C25H39N5O4S/c1-17(2)19(22(32)27-12-13-28-23(35-6)29-16-26)15-21(31)20(14-18-10-8-7-9-11-18)30-24(33)34-25(3,4)5/h7-11,17,19-21,31H,12-15H2,1-6H3,(H,27,32)(H,28,29)(H,30,33)/t19-,20-,21-/m0/s1. The molecule has 1 aromatic carbocycles. The number of benzene rings is 1. The van der Waals surface area contributed by atoms with Gasteiger partial charge in [-0.2, -0.15) is 5.26 Å². The minimum atomic E-state index is -0.971. The predicted octanol–water partition coefficient (Wildman–Crippen LogP) is 3.05. The van der Waals surface area contributed by atoms with Gasteiger partial charge in [0.05, 0.1) is 18.7 Å². The molecule has 0 bridgehead atoms. The number of amidine groups is 1. The van der Waals surface area contributed by atoms with Crippen LogP contribution in [0.25, 0.3) is 0 Å². The lowest BCUT2D eigenvalue weighted by atomic mass is 9.86. The fourth-order valence-electron chi connectivity index (χ4n) is 3.39. The van der Waals surface area contributed by atoms with Crippen molar-refractivity contribution in [1.82, 2.24) is 16.0 Å². The molecule has 0 spiro atoms. The number of hydrogen-bond donors (Lipinski definition) is 4. The maximum absolute atomic E-state index is 12.9. The van der Waals surface area contributed by atoms with Crippen LogP contribution in [-0.4, -0.2) is 59.4 Å². The molecule has 0 aliphatic rings. The summed E-state index contributed by atoms with van der Waals surface area (Å²) in [6.45, 7) is 9.79. The number of aliphatic hydroxyl groups is 1. The lowest BCUT2D eigenvalue weighted by Gasteiger charge is -2.30. The van der Waals surface area contributed by atoms with E-state index in [-0.39, 0.29) is 18.2 Å². The fourth-order valence-corrected chi connectivity index (χ4v) is 3.76. The number of aliphatic imine (C=N–C) groups is 1. The van der Waals surface area contributed by atoms with Crippen LogP contribution in [-0.2, 0) is 16.0 Å². The van der Waals surface area contributed by atoms with Gasteiger partial charge >= 0.3 is 6.09 Å². The SMILES string of the molecule is CSC(=NCCNC(=O)[C@@H](C[C@H](O)[C@H](Cc1ccccc1)NC(=O)OC(C)(C)C)C(C)C)NC#N. The first-order valence-corrected chi connectivity index (χ1v) is 12.9. The van der Waals surface area contributed by atoms with Crippen LogP contribution < -0.4 is 16.0 Å². The van der Waals surface area contributed by atoms with Crippen molar-refractivity contribution >= 4 is 28.9 Å². The first kappa shape index (κ1) is 30.3. The number of thioether (sulfide) groups is 1. The van der Waals surface area contributed by atoms with Gasteiger partial charge < -0.3 is 20.5 Å². The molecule has 0 aromatic heterocycles. The molecular formula is C25H39N5O4S. The summed E-state index contributed by atoms with van der Waals surface area (Å²) in [5.74, 6) is -0.692. The second-order valence-electron chi connectivity index (χ2n) is 9.51. The van der Waals surface area contributed by atoms with Crippen LogP contribution in [0, 0.1) is 23.3 Å². The number of alkyl carbamates (subject to hydrolysis) is 1. The Morgan fingerprint density at radius 2 is 1.89 bits per heavy atom.